The molecule has 2 nitrogen and oxygen atoms in total. The Bertz CT molecular complexity index is 381. The molecule has 0 aliphatic carbocycles. The molecular formula is C15H23ClN2. The van der Waals surface area contributed by atoms with E-state index in [1.807, 2.05) is 12.1 Å². The van der Waals surface area contributed by atoms with Gasteiger partial charge in [-0.25, -0.2) is 0 Å². The Morgan fingerprint density at radius 3 is 2.83 bits per heavy atom. The normalized spacial score (nSPS) is 23.6. The van der Waals surface area contributed by atoms with Gasteiger partial charge in [0.15, 0.2) is 0 Å². The van der Waals surface area contributed by atoms with Gasteiger partial charge in [-0.3, -0.25) is 0 Å². The summed E-state index contributed by atoms with van der Waals surface area (Å²) in [4.78, 5) is 2.42. The minimum atomic E-state index is 0.326. The molecule has 0 amide bonds. The fraction of sp³-hybridized carbons (Fsp3) is 0.600. The second kappa shape index (κ2) is 6.55. The van der Waals surface area contributed by atoms with E-state index in [1.165, 1.54) is 37.9 Å². The van der Waals surface area contributed by atoms with Crippen LogP contribution in [-0.2, 0) is 0 Å². The van der Waals surface area contributed by atoms with Gasteiger partial charge in [0, 0.05) is 17.1 Å². The lowest BCUT2D eigenvalue weighted by molar-refractivity contribution is 0.340. The Balaban J connectivity index is 1.94. The smallest absolute Gasteiger partial charge is 0.0453 e. The molecule has 1 aromatic carbocycles. The number of hydrogen-bond acceptors (Lipinski definition) is 2. The van der Waals surface area contributed by atoms with Gasteiger partial charge in [0.2, 0.25) is 0 Å². The Kier molecular flexibility index (Phi) is 5.04. The van der Waals surface area contributed by atoms with E-state index in [-0.39, 0.29) is 0 Å². The molecule has 3 heteroatoms. The van der Waals surface area contributed by atoms with Crippen molar-refractivity contribution in [1.29, 1.82) is 0 Å². The van der Waals surface area contributed by atoms with Crippen LogP contribution in [0.1, 0.15) is 37.8 Å². The lowest BCUT2D eigenvalue weighted by Crippen LogP contribution is -2.32. The fourth-order valence-electron chi connectivity index (χ4n) is 2.68. The van der Waals surface area contributed by atoms with Crippen molar-refractivity contribution in [3.63, 3.8) is 0 Å². The highest BCUT2D eigenvalue weighted by Gasteiger charge is 2.18. The van der Waals surface area contributed by atoms with Gasteiger partial charge in [0.05, 0.1) is 0 Å². The summed E-state index contributed by atoms with van der Waals surface area (Å²) in [6, 6.07) is 9.06. The van der Waals surface area contributed by atoms with Crippen molar-refractivity contribution in [2.75, 3.05) is 20.1 Å². The lowest BCUT2D eigenvalue weighted by Gasteiger charge is -2.23. The molecule has 0 radical (unpaired) electrons. The standard InChI is InChI=1S/C15H23ClN2/c1-12(14-7-3-4-8-15(14)16)17-13-6-5-10-18(2)11-9-13/h3-4,7-8,12-13,17H,5-6,9-11H2,1-2H3. The van der Waals surface area contributed by atoms with E-state index >= 15 is 0 Å². The van der Waals surface area contributed by atoms with Crippen molar-refractivity contribution >= 4 is 11.6 Å². The fourth-order valence-corrected chi connectivity index (χ4v) is 2.98. The van der Waals surface area contributed by atoms with Crippen LogP contribution in [0.4, 0.5) is 0 Å². The molecule has 1 fully saturated rings. The van der Waals surface area contributed by atoms with Crippen molar-refractivity contribution in [1.82, 2.24) is 10.2 Å². The maximum absolute atomic E-state index is 6.24. The third-order valence-electron chi connectivity index (χ3n) is 3.81. The monoisotopic (exact) mass is 266 g/mol. The minimum absolute atomic E-state index is 0.326. The number of nitrogens with zero attached hydrogens (tertiary/aromatic N) is 1. The summed E-state index contributed by atoms with van der Waals surface area (Å²) < 4.78 is 0. The van der Waals surface area contributed by atoms with Crippen LogP contribution in [0.5, 0.6) is 0 Å². The third kappa shape index (κ3) is 3.71. The van der Waals surface area contributed by atoms with Crippen molar-refractivity contribution < 1.29 is 0 Å². The van der Waals surface area contributed by atoms with Gasteiger partial charge in [-0.1, -0.05) is 29.8 Å². The zero-order chi connectivity index (χ0) is 13.0. The van der Waals surface area contributed by atoms with Gasteiger partial charge in [0.25, 0.3) is 0 Å². The first-order valence-electron chi connectivity index (χ1n) is 6.86. The number of likely N-dealkylation sites (tertiary alicyclic amines) is 1. The number of hydrogen-bond donors (Lipinski definition) is 1. The number of rotatable bonds is 3. The van der Waals surface area contributed by atoms with Gasteiger partial charge in [-0.15, -0.1) is 0 Å². The Morgan fingerprint density at radius 2 is 2.06 bits per heavy atom. The molecule has 1 heterocycles. The van der Waals surface area contributed by atoms with Gasteiger partial charge >= 0.3 is 0 Å². The molecule has 1 aromatic rings. The van der Waals surface area contributed by atoms with E-state index in [9.17, 15) is 0 Å². The summed E-state index contributed by atoms with van der Waals surface area (Å²) in [6.45, 7) is 4.61. The average Bonchev–Trinajstić information content (AvgIpc) is 2.55. The van der Waals surface area contributed by atoms with E-state index < -0.39 is 0 Å². The van der Waals surface area contributed by atoms with Gasteiger partial charge in [-0.2, -0.15) is 0 Å². The van der Waals surface area contributed by atoms with Crippen molar-refractivity contribution in [2.45, 2.75) is 38.3 Å². The van der Waals surface area contributed by atoms with Crippen LogP contribution < -0.4 is 5.32 Å². The van der Waals surface area contributed by atoms with Crippen LogP contribution >= 0.6 is 11.6 Å². The summed E-state index contributed by atoms with van der Waals surface area (Å²) in [5.41, 5.74) is 1.21. The maximum atomic E-state index is 6.24. The topological polar surface area (TPSA) is 15.3 Å². The summed E-state index contributed by atoms with van der Waals surface area (Å²) >= 11 is 6.24. The van der Waals surface area contributed by atoms with Crippen LogP contribution in [0, 0.1) is 0 Å². The summed E-state index contributed by atoms with van der Waals surface area (Å²) in [6.07, 6.45) is 3.77. The summed E-state index contributed by atoms with van der Waals surface area (Å²) in [5, 5.41) is 4.59. The number of nitrogens with one attached hydrogen (secondary N) is 1. The quantitative estimate of drug-likeness (QED) is 0.901. The predicted octanol–water partition coefficient (Wildman–Crippen LogP) is 3.47. The van der Waals surface area contributed by atoms with Crippen molar-refractivity contribution in [3.8, 4) is 0 Å². The van der Waals surface area contributed by atoms with E-state index in [0.717, 1.165) is 5.02 Å². The zero-order valence-electron chi connectivity index (χ0n) is 11.3. The van der Waals surface area contributed by atoms with Crippen LogP contribution in [0.25, 0.3) is 0 Å². The molecule has 0 saturated carbocycles. The zero-order valence-corrected chi connectivity index (χ0v) is 12.1. The molecule has 0 bridgehead atoms. The van der Waals surface area contributed by atoms with Crippen LogP contribution in [-0.4, -0.2) is 31.1 Å². The summed E-state index contributed by atoms with van der Waals surface area (Å²) in [5.74, 6) is 0. The number of benzene rings is 1. The SMILES string of the molecule is CC(NC1CCCN(C)CC1)c1ccccc1Cl. The predicted molar refractivity (Wildman–Crippen MR) is 78.1 cm³/mol. The van der Waals surface area contributed by atoms with Crippen LogP contribution in [0.3, 0.4) is 0 Å². The van der Waals surface area contributed by atoms with E-state index in [2.05, 4.69) is 36.3 Å². The molecule has 2 unspecified atom stereocenters. The largest absolute Gasteiger partial charge is 0.307 e. The highest BCUT2D eigenvalue weighted by molar-refractivity contribution is 6.31. The van der Waals surface area contributed by atoms with Crippen LogP contribution in [0.15, 0.2) is 24.3 Å². The minimum Gasteiger partial charge on any atom is -0.307 e. The van der Waals surface area contributed by atoms with Crippen molar-refractivity contribution in [2.24, 2.45) is 0 Å². The molecule has 1 N–H and O–H groups in total. The van der Waals surface area contributed by atoms with Gasteiger partial charge < -0.3 is 10.2 Å². The molecule has 1 aliphatic rings. The molecule has 100 valence electrons. The van der Waals surface area contributed by atoms with Gasteiger partial charge in [-0.05, 0) is 58.0 Å². The molecule has 2 atom stereocenters. The molecule has 1 aliphatic heterocycles. The lowest BCUT2D eigenvalue weighted by atomic mass is 10.0. The van der Waals surface area contributed by atoms with Crippen LogP contribution in [0.2, 0.25) is 5.02 Å². The average molecular weight is 267 g/mol. The molecule has 18 heavy (non-hydrogen) atoms. The second-order valence-electron chi connectivity index (χ2n) is 5.34. The van der Waals surface area contributed by atoms with Crippen molar-refractivity contribution in [3.05, 3.63) is 34.9 Å². The van der Waals surface area contributed by atoms with Gasteiger partial charge in [0.1, 0.15) is 0 Å². The Morgan fingerprint density at radius 1 is 1.28 bits per heavy atom. The first kappa shape index (κ1) is 13.9. The maximum Gasteiger partial charge on any atom is 0.0453 e. The van der Waals surface area contributed by atoms with E-state index in [4.69, 9.17) is 11.6 Å². The first-order valence-corrected chi connectivity index (χ1v) is 7.23. The molecule has 0 aromatic heterocycles. The highest BCUT2D eigenvalue weighted by atomic mass is 35.5. The highest BCUT2D eigenvalue weighted by Crippen LogP contribution is 2.23. The number of halogens is 1. The molecular weight excluding hydrogens is 244 g/mol. The Hall–Kier alpha value is -0.570. The third-order valence-corrected chi connectivity index (χ3v) is 4.15. The van der Waals surface area contributed by atoms with E-state index in [0.29, 0.717) is 12.1 Å². The molecule has 1 saturated heterocycles. The Labute approximate surface area is 115 Å². The second-order valence-corrected chi connectivity index (χ2v) is 5.75. The molecule has 2 rings (SSSR count). The molecule has 0 spiro atoms. The van der Waals surface area contributed by atoms with E-state index in [1.54, 1.807) is 0 Å². The summed E-state index contributed by atoms with van der Waals surface area (Å²) in [7, 11) is 2.21. The first-order chi connectivity index (χ1) is 8.66.